The number of anilines is 1. The molecule has 1 atom stereocenters. The molecular formula is C11H14ClNO. The normalized spacial score (nSPS) is 12.2. The number of nitrogens with one attached hydrogen (secondary N) is 1. The molecule has 0 heterocycles. The van der Waals surface area contributed by atoms with Crippen LogP contribution in [0.15, 0.2) is 24.3 Å². The smallest absolute Gasteiger partial charge is 0.221 e. The van der Waals surface area contributed by atoms with Crippen LogP contribution in [0.25, 0.3) is 0 Å². The Hall–Kier alpha value is -1.02. The summed E-state index contributed by atoms with van der Waals surface area (Å²) < 4.78 is 0. The molecular weight excluding hydrogens is 198 g/mol. The van der Waals surface area contributed by atoms with Gasteiger partial charge in [-0.05, 0) is 31.0 Å². The third kappa shape index (κ3) is 3.79. The third-order valence-corrected chi connectivity index (χ3v) is 1.92. The summed E-state index contributed by atoms with van der Waals surface area (Å²) in [4.78, 5) is 10.8. The number of rotatable bonds is 3. The average Bonchev–Trinajstić information content (AvgIpc) is 2.01. The van der Waals surface area contributed by atoms with E-state index in [0.29, 0.717) is 0 Å². The van der Waals surface area contributed by atoms with Gasteiger partial charge in [0.1, 0.15) is 0 Å². The van der Waals surface area contributed by atoms with E-state index in [-0.39, 0.29) is 11.3 Å². The molecule has 14 heavy (non-hydrogen) atoms. The van der Waals surface area contributed by atoms with Gasteiger partial charge in [-0.2, -0.15) is 0 Å². The van der Waals surface area contributed by atoms with E-state index < -0.39 is 0 Å². The van der Waals surface area contributed by atoms with Crippen molar-refractivity contribution >= 4 is 23.2 Å². The fraction of sp³-hybridized carbons (Fsp3) is 0.364. The summed E-state index contributed by atoms with van der Waals surface area (Å²) in [5.41, 5.74) is 1.96. The molecule has 0 saturated heterocycles. The van der Waals surface area contributed by atoms with Crippen molar-refractivity contribution in [1.82, 2.24) is 0 Å². The standard InChI is InChI=1S/C11H14ClNO/c1-8(12)6-10-4-3-5-11(7-10)13-9(2)14/h3-5,7-8H,6H2,1-2H3,(H,13,14). The molecule has 1 amide bonds. The zero-order valence-electron chi connectivity index (χ0n) is 8.38. The van der Waals surface area contributed by atoms with Crippen molar-refractivity contribution in [3.8, 4) is 0 Å². The van der Waals surface area contributed by atoms with E-state index in [4.69, 9.17) is 11.6 Å². The molecule has 1 unspecified atom stereocenters. The average molecular weight is 212 g/mol. The Morgan fingerprint density at radius 2 is 2.29 bits per heavy atom. The third-order valence-electron chi connectivity index (χ3n) is 1.76. The second-order valence-corrected chi connectivity index (χ2v) is 4.11. The Kier molecular flexibility index (Phi) is 3.96. The molecule has 1 rings (SSSR count). The summed E-state index contributed by atoms with van der Waals surface area (Å²) in [6.07, 6.45) is 0.814. The second kappa shape index (κ2) is 5.01. The fourth-order valence-corrected chi connectivity index (χ4v) is 1.48. The number of carbonyl (C=O) groups is 1. The summed E-state index contributed by atoms with van der Waals surface area (Å²) in [6, 6.07) is 7.73. The molecule has 2 nitrogen and oxygen atoms in total. The van der Waals surface area contributed by atoms with Gasteiger partial charge in [-0.3, -0.25) is 4.79 Å². The van der Waals surface area contributed by atoms with E-state index in [2.05, 4.69) is 5.32 Å². The van der Waals surface area contributed by atoms with Crippen molar-refractivity contribution in [2.24, 2.45) is 0 Å². The van der Waals surface area contributed by atoms with Gasteiger partial charge >= 0.3 is 0 Å². The Morgan fingerprint density at radius 3 is 2.86 bits per heavy atom. The topological polar surface area (TPSA) is 29.1 Å². The van der Waals surface area contributed by atoms with Crippen LogP contribution in [0, 0.1) is 0 Å². The van der Waals surface area contributed by atoms with E-state index in [1.807, 2.05) is 31.2 Å². The number of benzene rings is 1. The molecule has 76 valence electrons. The number of alkyl halides is 1. The SMILES string of the molecule is CC(=O)Nc1cccc(CC(C)Cl)c1. The number of hydrogen-bond acceptors (Lipinski definition) is 1. The van der Waals surface area contributed by atoms with Crippen LogP contribution in [-0.2, 0) is 11.2 Å². The van der Waals surface area contributed by atoms with Crippen LogP contribution in [0.2, 0.25) is 0 Å². The molecule has 1 aromatic rings. The van der Waals surface area contributed by atoms with Crippen molar-refractivity contribution in [2.45, 2.75) is 25.6 Å². The van der Waals surface area contributed by atoms with Gasteiger partial charge in [-0.1, -0.05) is 12.1 Å². The Morgan fingerprint density at radius 1 is 1.57 bits per heavy atom. The predicted octanol–water partition coefficient (Wildman–Crippen LogP) is 2.81. The van der Waals surface area contributed by atoms with Crippen molar-refractivity contribution in [1.29, 1.82) is 0 Å². The molecule has 0 radical (unpaired) electrons. The molecule has 0 aliphatic rings. The van der Waals surface area contributed by atoms with Gasteiger partial charge in [-0.25, -0.2) is 0 Å². The van der Waals surface area contributed by atoms with Gasteiger partial charge in [0.05, 0.1) is 0 Å². The zero-order valence-corrected chi connectivity index (χ0v) is 9.14. The molecule has 1 N–H and O–H groups in total. The summed E-state index contributed by atoms with van der Waals surface area (Å²) in [6.45, 7) is 3.45. The second-order valence-electron chi connectivity index (χ2n) is 3.37. The monoisotopic (exact) mass is 211 g/mol. The van der Waals surface area contributed by atoms with Crippen LogP contribution in [0.1, 0.15) is 19.4 Å². The van der Waals surface area contributed by atoms with Crippen LogP contribution >= 0.6 is 11.6 Å². The van der Waals surface area contributed by atoms with E-state index in [0.717, 1.165) is 17.7 Å². The summed E-state index contributed by atoms with van der Waals surface area (Å²) in [5, 5.41) is 2.85. The zero-order chi connectivity index (χ0) is 10.6. The molecule has 0 spiro atoms. The van der Waals surface area contributed by atoms with Gasteiger partial charge in [-0.15, -0.1) is 11.6 Å². The first-order valence-corrected chi connectivity index (χ1v) is 5.02. The lowest BCUT2D eigenvalue weighted by molar-refractivity contribution is -0.114. The summed E-state index contributed by atoms with van der Waals surface area (Å²) in [5.74, 6) is -0.0546. The van der Waals surface area contributed by atoms with E-state index in [9.17, 15) is 4.79 Å². The lowest BCUT2D eigenvalue weighted by atomic mass is 10.1. The number of carbonyl (C=O) groups excluding carboxylic acids is 1. The first kappa shape index (κ1) is 11.1. The highest BCUT2D eigenvalue weighted by Gasteiger charge is 2.01. The van der Waals surface area contributed by atoms with Crippen LogP contribution < -0.4 is 5.32 Å². The highest BCUT2D eigenvalue weighted by molar-refractivity contribution is 6.20. The largest absolute Gasteiger partial charge is 0.326 e. The maximum atomic E-state index is 10.8. The van der Waals surface area contributed by atoms with E-state index in [1.165, 1.54) is 6.92 Å². The molecule has 0 bridgehead atoms. The van der Waals surface area contributed by atoms with Crippen molar-refractivity contribution < 1.29 is 4.79 Å². The number of hydrogen-bond donors (Lipinski definition) is 1. The minimum atomic E-state index is -0.0546. The predicted molar refractivity (Wildman–Crippen MR) is 59.8 cm³/mol. The molecule has 0 aromatic heterocycles. The minimum absolute atomic E-state index is 0.0546. The first-order chi connectivity index (χ1) is 6.58. The molecule has 0 saturated carbocycles. The van der Waals surface area contributed by atoms with Crippen LogP contribution in [0.4, 0.5) is 5.69 Å². The highest BCUT2D eigenvalue weighted by Crippen LogP contribution is 2.13. The maximum absolute atomic E-state index is 10.8. The van der Waals surface area contributed by atoms with Crippen LogP contribution in [-0.4, -0.2) is 11.3 Å². The maximum Gasteiger partial charge on any atom is 0.221 e. The fourth-order valence-electron chi connectivity index (χ4n) is 1.30. The Labute approximate surface area is 89.3 Å². The summed E-state index contributed by atoms with van der Waals surface area (Å²) >= 11 is 5.88. The summed E-state index contributed by atoms with van der Waals surface area (Å²) in [7, 11) is 0. The van der Waals surface area contributed by atoms with Gasteiger partial charge < -0.3 is 5.32 Å². The molecule has 0 fully saturated rings. The van der Waals surface area contributed by atoms with Crippen molar-refractivity contribution in [2.75, 3.05) is 5.32 Å². The lowest BCUT2D eigenvalue weighted by Crippen LogP contribution is -2.06. The molecule has 0 aliphatic heterocycles. The highest BCUT2D eigenvalue weighted by atomic mass is 35.5. The Bertz CT molecular complexity index is 323. The number of amides is 1. The quantitative estimate of drug-likeness (QED) is 0.766. The van der Waals surface area contributed by atoms with E-state index in [1.54, 1.807) is 0 Å². The lowest BCUT2D eigenvalue weighted by Gasteiger charge is -2.06. The molecule has 1 aromatic carbocycles. The van der Waals surface area contributed by atoms with Gasteiger partial charge in [0.15, 0.2) is 0 Å². The van der Waals surface area contributed by atoms with Crippen molar-refractivity contribution in [3.63, 3.8) is 0 Å². The van der Waals surface area contributed by atoms with E-state index >= 15 is 0 Å². The molecule has 0 aliphatic carbocycles. The van der Waals surface area contributed by atoms with Gasteiger partial charge in [0, 0.05) is 18.0 Å². The van der Waals surface area contributed by atoms with Gasteiger partial charge in [0.2, 0.25) is 5.91 Å². The molecule has 3 heteroatoms. The van der Waals surface area contributed by atoms with Crippen LogP contribution in [0.3, 0.4) is 0 Å². The van der Waals surface area contributed by atoms with Gasteiger partial charge in [0.25, 0.3) is 0 Å². The Balaban J connectivity index is 2.73. The van der Waals surface area contributed by atoms with Crippen LogP contribution in [0.5, 0.6) is 0 Å². The minimum Gasteiger partial charge on any atom is -0.326 e. The first-order valence-electron chi connectivity index (χ1n) is 4.58. The van der Waals surface area contributed by atoms with Crippen molar-refractivity contribution in [3.05, 3.63) is 29.8 Å². The number of halogens is 1.